The number of aryl methyl sites for hydroxylation is 1. The molecule has 1 heterocycles. The Labute approximate surface area is 137 Å². The number of benzene rings is 2. The number of aromatic hydroxyl groups is 2. The third-order valence-corrected chi connectivity index (χ3v) is 3.44. The van der Waals surface area contributed by atoms with Crippen molar-refractivity contribution in [2.24, 2.45) is 5.84 Å². The molecule has 0 bridgehead atoms. The van der Waals surface area contributed by atoms with Gasteiger partial charge in [0, 0.05) is 6.07 Å². The van der Waals surface area contributed by atoms with Gasteiger partial charge in [-0.1, -0.05) is 18.2 Å². The molecule has 4 N–H and O–H groups in total. The predicted molar refractivity (Wildman–Crippen MR) is 88.5 cm³/mol. The van der Waals surface area contributed by atoms with Gasteiger partial charge in [-0.3, -0.25) is 0 Å². The van der Waals surface area contributed by atoms with E-state index in [-0.39, 0.29) is 17.4 Å². The number of hydrogen-bond donors (Lipinski definition) is 3. The molecule has 3 rings (SSSR count). The quantitative estimate of drug-likeness (QED) is 0.378. The third kappa shape index (κ3) is 2.77. The molecule has 0 unspecified atom stereocenters. The van der Waals surface area contributed by atoms with E-state index < -0.39 is 5.69 Å². The van der Waals surface area contributed by atoms with Crippen molar-refractivity contribution in [3.63, 3.8) is 0 Å². The number of rotatable bonds is 3. The van der Waals surface area contributed by atoms with Gasteiger partial charge in [0.1, 0.15) is 5.82 Å². The summed E-state index contributed by atoms with van der Waals surface area (Å²) in [5.41, 5.74) is 0.368. The van der Waals surface area contributed by atoms with Crippen LogP contribution in [0.1, 0.15) is 5.82 Å². The normalized spacial score (nSPS) is 10.6. The van der Waals surface area contributed by atoms with Gasteiger partial charge in [0.05, 0.1) is 11.4 Å². The highest BCUT2D eigenvalue weighted by molar-refractivity contribution is 5.55. The van der Waals surface area contributed by atoms with Gasteiger partial charge in [-0.15, -0.1) is 0 Å². The van der Waals surface area contributed by atoms with Crippen LogP contribution < -0.4 is 16.5 Å². The summed E-state index contributed by atoms with van der Waals surface area (Å²) < 4.78 is 1.21. The van der Waals surface area contributed by atoms with E-state index in [0.29, 0.717) is 17.2 Å². The Balaban J connectivity index is 2.06. The maximum Gasteiger partial charge on any atom is 0.356 e. The summed E-state index contributed by atoms with van der Waals surface area (Å²) in [5.74, 6) is 5.75. The SMILES string of the molecule is Cc1nc(N(N)c2ccccc2)nc(=O)n1-c1ccc(O)c(O)c1. The number of nitrogens with two attached hydrogens (primary N) is 1. The zero-order valence-electron chi connectivity index (χ0n) is 12.8. The summed E-state index contributed by atoms with van der Waals surface area (Å²) in [6, 6.07) is 13.0. The number of phenols is 2. The molecule has 0 saturated carbocycles. The number of hydrazine groups is 1. The molecule has 0 spiro atoms. The fraction of sp³-hybridized carbons (Fsp3) is 0.0625. The van der Waals surface area contributed by atoms with Crippen molar-refractivity contribution in [1.29, 1.82) is 0 Å². The van der Waals surface area contributed by atoms with Crippen molar-refractivity contribution in [2.45, 2.75) is 6.92 Å². The maximum atomic E-state index is 12.4. The molecule has 0 aliphatic heterocycles. The fourth-order valence-corrected chi connectivity index (χ4v) is 2.25. The monoisotopic (exact) mass is 325 g/mol. The van der Waals surface area contributed by atoms with Crippen molar-refractivity contribution >= 4 is 11.6 Å². The fourth-order valence-electron chi connectivity index (χ4n) is 2.25. The molecule has 1 aromatic heterocycles. The molecular formula is C16H15N5O3. The van der Waals surface area contributed by atoms with Crippen molar-refractivity contribution in [3.05, 3.63) is 64.8 Å². The van der Waals surface area contributed by atoms with Crippen molar-refractivity contribution in [2.75, 3.05) is 5.01 Å². The second-order valence-corrected chi connectivity index (χ2v) is 5.07. The number of aromatic nitrogens is 3. The van der Waals surface area contributed by atoms with E-state index in [1.807, 2.05) is 18.2 Å². The first kappa shape index (κ1) is 15.5. The van der Waals surface area contributed by atoms with Crippen LogP contribution in [0.15, 0.2) is 53.3 Å². The first-order valence-corrected chi connectivity index (χ1v) is 7.07. The lowest BCUT2D eigenvalue weighted by Gasteiger charge is -2.18. The summed E-state index contributed by atoms with van der Waals surface area (Å²) in [7, 11) is 0. The number of anilines is 2. The summed E-state index contributed by atoms with van der Waals surface area (Å²) in [6.07, 6.45) is 0. The second kappa shape index (κ2) is 6.01. The van der Waals surface area contributed by atoms with Crippen molar-refractivity contribution in [3.8, 4) is 17.2 Å². The van der Waals surface area contributed by atoms with Crippen molar-refractivity contribution in [1.82, 2.24) is 14.5 Å². The Morgan fingerprint density at radius 2 is 1.75 bits per heavy atom. The Morgan fingerprint density at radius 1 is 1.04 bits per heavy atom. The van der Waals surface area contributed by atoms with E-state index in [4.69, 9.17) is 5.84 Å². The highest BCUT2D eigenvalue weighted by Gasteiger charge is 2.14. The van der Waals surface area contributed by atoms with Gasteiger partial charge in [-0.25, -0.2) is 20.2 Å². The number of hydrogen-bond acceptors (Lipinski definition) is 7. The first-order valence-electron chi connectivity index (χ1n) is 7.07. The van der Waals surface area contributed by atoms with Gasteiger partial charge < -0.3 is 10.2 Å². The molecule has 0 amide bonds. The largest absolute Gasteiger partial charge is 0.504 e. The zero-order chi connectivity index (χ0) is 17.3. The molecule has 3 aromatic rings. The summed E-state index contributed by atoms with van der Waals surface area (Å²) in [5, 5.41) is 20.2. The molecule has 0 saturated heterocycles. The van der Waals surface area contributed by atoms with Crippen LogP contribution in [0.25, 0.3) is 5.69 Å². The highest BCUT2D eigenvalue weighted by Crippen LogP contribution is 2.26. The summed E-state index contributed by atoms with van der Waals surface area (Å²) >= 11 is 0. The third-order valence-electron chi connectivity index (χ3n) is 3.44. The minimum absolute atomic E-state index is 0.0583. The van der Waals surface area contributed by atoms with Crippen LogP contribution in [0, 0.1) is 6.92 Å². The molecule has 0 aliphatic carbocycles. The van der Waals surface area contributed by atoms with Crippen LogP contribution in [-0.2, 0) is 0 Å². The summed E-state index contributed by atoms with van der Waals surface area (Å²) in [4.78, 5) is 20.5. The average molecular weight is 325 g/mol. The molecule has 122 valence electrons. The van der Waals surface area contributed by atoms with E-state index in [1.54, 1.807) is 19.1 Å². The van der Waals surface area contributed by atoms with Crippen LogP contribution in [0.2, 0.25) is 0 Å². The van der Waals surface area contributed by atoms with Gasteiger partial charge >= 0.3 is 5.69 Å². The topological polar surface area (TPSA) is 118 Å². The number of phenolic OH excluding ortho intramolecular Hbond substituents is 2. The van der Waals surface area contributed by atoms with E-state index in [1.165, 1.54) is 27.8 Å². The number of para-hydroxylation sites is 1. The standard InChI is InChI=1S/C16H15N5O3/c1-10-18-15(21(17)11-5-3-2-4-6-11)19-16(24)20(10)12-7-8-13(22)14(23)9-12/h2-9,22-23H,17H2,1H3. The summed E-state index contributed by atoms with van der Waals surface area (Å²) in [6.45, 7) is 1.62. The van der Waals surface area contributed by atoms with Crippen LogP contribution in [-0.4, -0.2) is 24.7 Å². The van der Waals surface area contributed by atoms with Gasteiger partial charge in [-0.2, -0.15) is 9.97 Å². The predicted octanol–water partition coefficient (Wildman–Crippen LogP) is 1.36. The van der Waals surface area contributed by atoms with Crippen LogP contribution >= 0.6 is 0 Å². The molecule has 24 heavy (non-hydrogen) atoms. The molecule has 0 atom stereocenters. The van der Waals surface area contributed by atoms with Gasteiger partial charge in [-0.05, 0) is 31.2 Å². The molecular weight excluding hydrogens is 310 g/mol. The molecule has 0 fully saturated rings. The van der Waals surface area contributed by atoms with Gasteiger partial charge in [0.15, 0.2) is 11.5 Å². The average Bonchev–Trinajstić information content (AvgIpc) is 2.57. The van der Waals surface area contributed by atoms with E-state index in [2.05, 4.69) is 9.97 Å². The smallest absolute Gasteiger partial charge is 0.356 e. The molecule has 0 aliphatic rings. The van der Waals surface area contributed by atoms with Crippen LogP contribution in [0.4, 0.5) is 11.6 Å². The van der Waals surface area contributed by atoms with E-state index in [9.17, 15) is 15.0 Å². The lowest BCUT2D eigenvalue weighted by Crippen LogP contribution is -2.33. The molecule has 8 nitrogen and oxygen atoms in total. The van der Waals surface area contributed by atoms with Crippen molar-refractivity contribution < 1.29 is 10.2 Å². The minimum atomic E-state index is -0.603. The first-order chi connectivity index (χ1) is 11.5. The zero-order valence-corrected chi connectivity index (χ0v) is 12.8. The molecule has 8 heteroatoms. The van der Waals surface area contributed by atoms with Gasteiger partial charge in [0.2, 0.25) is 0 Å². The minimum Gasteiger partial charge on any atom is -0.504 e. The second-order valence-electron chi connectivity index (χ2n) is 5.07. The molecule has 2 aromatic carbocycles. The Hall–Kier alpha value is -3.39. The lowest BCUT2D eigenvalue weighted by molar-refractivity contribution is 0.403. The van der Waals surface area contributed by atoms with Crippen LogP contribution in [0.3, 0.4) is 0 Å². The van der Waals surface area contributed by atoms with E-state index >= 15 is 0 Å². The maximum absolute atomic E-state index is 12.4. The van der Waals surface area contributed by atoms with E-state index in [0.717, 1.165) is 0 Å². The Morgan fingerprint density at radius 3 is 2.38 bits per heavy atom. The Bertz CT molecular complexity index is 940. The molecule has 0 radical (unpaired) electrons. The van der Waals surface area contributed by atoms with Gasteiger partial charge in [0.25, 0.3) is 5.95 Å². The van der Waals surface area contributed by atoms with Crippen LogP contribution in [0.5, 0.6) is 11.5 Å². The Kier molecular flexibility index (Phi) is 3.88. The highest BCUT2D eigenvalue weighted by atomic mass is 16.3. The number of nitrogens with zero attached hydrogens (tertiary/aromatic N) is 4. The lowest BCUT2D eigenvalue weighted by atomic mass is 10.2.